The van der Waals surface area contributed by atoms with Crippen molar-refractivity contribution in [2.75, 3.05) is 26.2 Å². The minimum Gasteiger partial charge on any atom is -0.459 e. The molecule has 4 heterocycles. The maximum atomic E-state index is 13.5. The average Bonchev–Trinajstić information content (AvgIpc) is 3.01. The molecule has 1 spiro atoms. The number of nitrogens with zero attached hydrogens (tertiary/aromatic N) is 5. The number of aromatic nitrogens is 2. The van der Waals surface area contributed by atoms with Gasteiger partial charge in [-0.3, -0.25) is 14.5 Å². The van der Waals surface area contributed by atoms with Crippen molar-refractivity contribution >= 4 is 17.6 Å². The van der Waals surface area contributed by atoms with Gasteiger partial charge in [0.15, 0.2) is 0 Å². The molecule has 1 amide bonds. The summed E-state index contributed by atoms with van der Waals surface area (Å²) in [6.45, 7) is 13.4. The number of amides is 1. The van der Waals surface area contributed by atoms with Crippen molar-refractivity contribution in [3.63, 3.8) is 0 Å². The van der Waals surface area contributed by atoms with E-state index in [-0.39, 0.29) is 28.9 Å². The van der Waals surface area contributed by atoms with E-state index >= 15 is 0 Å². The molecule has 5 rings (SSSR count). The second-order valence-electron chi connectivity index (χ2n) is 14.2. The van der Waals surface area contributed by atoms with E-state index in [1.165, 1.54) is 18.5 Å². The third kappa shape index (κ3) is 7.29. The Kier molecular flexibility index (Phi) is 10.6. The number of carbonyl (C=O) groups is 2. The van der Waals surface area contributed by atoms with Gasteiger partial charge in [0.1, 0.15) is 18.5 Å². The third-order valence-electron chi connectivity index (χ3n) is 11.2. The summed E-state index contributed by atoms with van der Waals surface area (Å²) >= 11 is 0. The van der Waals surface area contributed by atoms with Gasteiger partial charge in [-0.1, -0.05) is 24.9 Å². The van der Waals surface area contributed by atoms with Gasteiger partial charge in [-0.25, -0.2) is 9.97 Å². The first kappa shape index (κ1) is 32.8. The molecule has 4 aliphatic rings. The van der Waals surface area contributed by atoms with E-state index < -0.39 is 0 Å². The van der Waals surface area contributed by atoms with Crippen molar-refractivity contribution in [3.8, 4) is 0 Å². The fourth-order valence-electron chi connectivity index (χ4n) is 8.43. The Morgan fingerprint density at radius 2 is 1.75 bits per heavy atom. The van der Waals surface area contributed by atoms with Crippen molar-refractivity contribution in [1.29, 1.82) is 0 Å². The van der Waals surface area contributed by atoms with Gasteiger partial charge in [-0.05, 0) is 97.8 Å². The van der Waals surface area contributed by atoms with Gasteiger partial charge in [0.25, 0.3) is 5.91 Å². The molecule has 3 saturated heterocycles. The molecule has 3 aliphatic heterocycles. The van der Waals surface area contributed by atoms with Gasteiger partial charge in [-0.2, -0.15) is 0 Å². The summed E-state index contributed by atoms with van der Waals surface area (Å²) < 4.78 is 6.47. The number of hydrogen-bond donors (Lipinski definition) is 0. The molecule has 1 aliphatic carbocycles. The molecule has 0 aromatic carbocycles. The van der Waals surface area contributed by atoms with Crippen LogP contribution >= 0.6 is 0 Å². The lowest BCUT2D eigenvalue weighted by Crippen LogP contribution is -2.63. The highest BCUT2D eigenvalue weighted by molar-refractivity contribution is 5.96. The minimum atomic E-state index is -0.318. The molecule has 0 N–H and O–H groups in total. The van der Waals surface area contributed by atoms with Gasteiger partial charge < -0.3 is 14.5 Å². The largest absolute Gasteiger partial charge is 0.459 e. The van der Waals surface area contributed by atoms with Crippen molar-refractivity contribution in [2.45, 2.75) is 142 Å². The molecule has 0 radical (unpaired) electrons. The van der Waals surface area contributed by atoms with Gasteiger partial charge in [-0.15, -0.1) is 0 Å². The van der Waals surface area contributed by atoms with Crippen molar-refractivity contribution < 1.29 is 19.2 Å². The van der Waals surface area contributed by atoms with Crippen LogP contribution in [-0.4, -0.2) is 80.8 Å². The van der Waals surface area contributed by atoms with Gasteiger partial charge in [0, 0.05) is 44.1 Å². The van der Waals surface area contributed by atoms with E-state index in [1.807, 2.05) is 25.7 Å². The second kappa shape index (κ2) is 14.3. The smallest absolute Gasteiger partial charge is 0.309 e. The molecule has 1 aromatic heterocycles. The van der Waals surface area contributed by atoms with Crippen LogP contribution in [-0.2, 0) is 14.4 Å². The summed E-state index contributed by atoms with van der Waals surface area (Å²) in [6, 6.07) is 0.397. The Hall–Kier alpha value is -2.55. The fraction of sp³-hybridized carbons (Fsp3) is 0.800. The summed E-state index contributed by atoms with van der Waals surface area (Å²) in [4.78, 5) is 45.4. The molecule has 3 unspecified atom stereocenters. The number of aryl methyl sites for hydroxylation is 2. The molecule has 1 aromatic rings. The lowest BCUT2D eigenvalue weighted by Gasteiger charge is -2.56. The van der Waals surface area contributed by atoms with Crippen molar-refractivity contribution in [1.82, 2.24) is 19.8 Å². The van der Waals surface area contributed by atoms with Crippen LogP contribution in [0.5, 0.6) is 0 Å². The van der Waals surface area contributed by atoms with E-state index in [4.69, 9.17) is 9.57 Å². The Balaban J connectivity index is 1.18. The molecular weight excluding hydrogens is 554 g/mol. The number of carbonyl (C=O) groups excluding carboxylic acids is 2. The van der Waals surface area contributed by atoms with Crippen LogP contribution in [0.4, 0.5) is 0 Å². The second-order valence-corrected chi connectivity index (χ2v) is 14.2. The summed E-state index contributed by atoms with van der Waals surface area (Å²) in [5, 5.41) is 4.26. The van der Waals surface area contributed by atoms with E-state index in [9.17, 15) is 9.59 Å². The zero-order chi connectivity index (χ0) is 31.3. The van der Waals surface area contributed by atoms with E-state index in [2.05, 4.69) is 33.9 Å². The first-order valence-electron chi connectivity index (χ1n) is 17.4. The predicted octanol–water partition coefficient (Wildman–Crippen LogP) is 6.41. The topological polar surface area (TPSA) is 97.2 Å². The summed E-state index contributed by atoms with van der Waals surface area (Å²) in [7, 11) is 0. The Morgan fingerprint density at radius 1 is 1.05 bits per heavy atom. The quantitative estimate of drug-likeness (QED) is 0.236. The van der Waals surface area contributed by atoms with Crippen molar-refractivity contribution in [3.05, 3.63) is 23.3 Å². The normalized spacial score (nSPS) is 29.4. The Labute approximate surface area is 264 Å². The molecule has 3 atom stereocenters. The summed E-state index contributed by atoms with van der Waals surface area (Å²) in [5.41, 5.74) is 3.03. The van der Waals surface area contributed by atoms with Crippen LogP contribution in [0.15, 0.2) is 11.5 Å². The molecule has 9 nitrogen and oxygen atoms in total. The first-order chi connectivity index (χ1) is 21.2. The van der Waals surface area contributed by atoms with Gasteiger partial charge >= 0.3 is 5.97 Å². The highest BCUT2D eigenvalue weighted by Gasteiger charge is 2.51. The van der Waals surface area contributed by atoms with Crippen LogP contribution in [0.3, 0.4) is 0 Å². The zero-order valence-electron chi connectivity index (χ0n) is 27.9. The zero-order valence-corrected chi connectivity index (χ0v) is 27.9. The molecular formula is C35H55N5O4. The van der Waals surface area contributed by atoms with Crippen LogP contribution in [0.25, 0.3) is 0 Å². The molecule has 0 bridgehead atoms. The molecule has 4 fully saturated rings. The number of hydrogen-bond acceptors (Lipinski definition) is 8. The number of ether oxygens (including phenoxy) is 1. The number of rotatable bonds is 9. The van der Waals surface area contributed by atoms with Gasteiger partial charge in [0.05, 0.1) is 28.6 Å². The van der Waals surface area contributed by atoms with Crippen LogP contribution in [0.1, 0.15) is 132 Å². The lowest BCUT2D eigenvalue weighted by molar-refractivity contribution is -0.189. The first-order valence-corrected chi connectivity index (χ1v) is 17.4. The highest BCUT2D eigenvalue weighted by Crippen LogP contribution is 2.46. The van der Waals surface area contributed by atoms with E-state index in [1.54, 1.807) is 0 Å². The number of likely N-dealkylation sites (tertiary alicyclic amines) is 2. The van der Waals surface area contributed by atoms with E-state index in [0.29, 0.717) is 24.1 Å². The molecule has 9 heteroatoms. The standard InChI is InChI=1S/C35H55N5O4/c1-6-8-9-30-23-35(15-14-28(33(42)44-35)22-27-10-12-29(13-11-27)38-43-7-2)18-21-40(30)34(5)16-19-39(20-17-34)32(41)31-25(3)36-24-37-26(31)4/h24,27-28,30H,6-23H2,1-5H3. The van der Waals surface area contributed by atoms with Crippen molar-refractivity contribution in [2.24, 2.45) is 17.0 Å². The maximum absolute atomic E-state index is 13.5. The molecule has 1 saturated carbocycles. The fourth-order valence-corrected chi connectivity index (χ4v) is 8.43. The van der Waals surface area contributed by atoms with Crippen LogP contribution < -0.4 is 0 Å². The number of esters is 1. The third-order valence-corrected chi connectivity index (χ3v) is 11.2. The SMILES string of the molecule is CCCCC1CC2(CCC(CC3CCC(=NOCC)CC3)C(=O)O2)CCN1C1(C)CCN(C(=O)c2c(C)ncnc2C)CC1. The lowest BCUT2D eigenvalue weighted by atomic mass is 9.73. The van der Waals surface area contributed by atoms with Gasteiger partial charge in [0.2, 0.25) is 0 Å². The maximum Gasteiger partial charge on any atom is 0.309 e. The number of unbranched alkanes of at least 4 members (excludes halogenated alkanes) is 1. The summed E-state index contributed by atoms with van der Waals surface area (Å²) in [5.74, 6) is 0.700. The van der Waals surface area contributed by atoms with Crippen LogP contribution in [0.2, 0.25) is 0 Å². The summed E-state index contributed by atoms with van der Waals surface area (Å²) in [6.07, 6.45) is 15.8. The van der Waals surface area contributed by atoms with E-state index in [0.717, 1.165) is 114 Å². The Bertz CT molecular complexity index is 1170. The Morgan fingerprint density at radius 3 is 2.39 bits per heavy atom. The predicted molar refractivity (Wildman–Crippen MR) is 171 cm³/mol. The number of piperidine rings is 2. The monoisotopic (exact) mass is 609 g/mol. The molecule has 244 valence electrons. The average molecular weight is 610 g/mol. The minimum absolute atomic E-state index is 0.0284. The highest BCUT2D eigenvalue weighted by atomic mass is 16.6. The molecule has 44 heavy (non-hydrogen) atoms. The van der Waals surface area contributed by atoms with Crippen LogP contribution in [0, 0.1) is 25.7 Å². The number of oxime groups is 1.